The number of H-pyrrole nitrogens is 1. The van der Waals surface area contributed by atoms with Crippen molar-refractivity contribution in [3.8, 4) is 5.75 Å². The van der Waals surface area contributed by atoms with E-state index in [1.807, 2.05) is 18.2 Å². The Morgan fingerprint density at radius 1 is 1.52 bits per heavy atom. The van der Waals surface area contributed by atoms with E-state index in [9.17, 15) is 4.79 Å². The Balaban J connectivity index is 2.15. The number of benzene rings is 1. The minimum atomic E-state index is -0.389. The number of aromatic nitrogens is 2. The number of carbonyl (C=O) groups excluding carboxylic acids is 1. The average molecular weight is 353 g/mol. The summed E-state index contributed by atoms with van der Waals surface area (Å²) in [7, 11) is 0. The quantitative estimate of drug-likeness (QED) is 0.437. The topological polar surface area (TPSA) is 93.0 Å². The van der Waals surface area contributed by atoms with E-state index in [4.69, 9.17) is 10.6 Å². The first-order chi connectivity index (χ1) is 10.1. The summed E-state index contributed by atoms with van der Waals surface area (Å²) in [6.07, 6.45) is 0.957. The molecule has 0 radical (unpaired) electrons. The first-order valence-corrected chi connectivity index (χ1v) is 7.32. The summed E-state index contributed by atoms with van der Waals surface area (Å²) < 4.78 is 6.59. The number of ether oxygens (including phenoxy) is 1. The van der Waals surface area contributed by atoms with E-state index in [0.29, 0.717) is 22.7 Å². The lowest BCUT2D eigenvalue weighted by molar-refractivity contribution is 0.0950. The molecule has 0 aliphatic carbocycles. The van der Waals surface area contributed by atoms with Crippen molar-refractivity contribution in [2.75, 3.05) is 0 Å². The smallest absolute Gasteiger partial charge is 0.269 e. The van der Waals surface area contributed by atoms with Crippen LogP contribution in [0.1, 0.15) is 34.2 Å². The lowest BCUT2D eigenvalue weighted by Crippen LogP contribution is -2.31. The van der Waals surface area contributed by atoms with Crippen LogP contribution in [0.25, 0.3) is 0 Å². The molecule has 0 saturated heterocycles. The monoisotopic (exact) mass is 352 g/mol. The van der Waals surface area contributed by atoms with E-state index in [1.165, 1.54) is 5.56 Å². The van der Waals surface area contributed by atoms with Crippen LogP contribution in [0, 0.1) is 6.92 Å². The van der Waals surface area contributed by atoms with Gasteiger partial charge in [-0.25, -0.2) is 5.84 Å². The summed E-state index contributed by atoms with van der Waals surface area (Å²) in [6.45, 7) is 4.02. The number of amides is 1. The number of carbonyl (C=O) groups is 1. The highest BCUT2D eigenvalue weighted by molar-refractivity contribution is 9.10. The molecule has 4 N–H and O–H groups in total. The predicted octanol–water partition coefficient (Wildman–Crippen LogP) is 2.23. The third-order valence-electron chi connectivity index (χ3n) is 3.15. The van der Waals surface area contributed by atoms with Crippen molar-refractivity contribution in [2.24, 2.45) is 5.84 Å². The van der Waals surface area contributed by atoms with Gasteiger partial charge in [0, 0.05) is 5.69 Å². The Hall–Kier alpha value is -1.86. The number of aromatic amines is 1. The molecule has 112 valence electrons. The molecule has 0 fully saturated rings. The van der Waals surface area contributed by atoms with E-state index in [2.05, 4.69) is 38.5 Å². The molecule has 1 heterocycles. The van der Waals surface area contributed by atoms with Gasteiger partial charge in [0.2, 0.25) is 0 Å². The molecule has 0 aliphatic rings. The molecule has 0 spiro atoms. The fraction of sp³-hybridized carbons (Fsp3) is 0.286. The van der Waals surface area contributed by atoms with Gasteiger partial charge in [-0.1, -0.05) is 13.0 Å². The number of hydrazine groups is 1. The van der Waals surface area contributed by atoms with Gasteiger partial charge >= 0.3 is 0 Å². The molecule has 6 nitrogen and oxygen atoms in total. The highest BCUT2D eigenvalue weighted by atomic mass is 79.9. The highest BCUT2D eigenvalue weighted by Crippen LogP contribution is 2.27. The lowest BCUT2D eigenvalue weighted by atomic mass is 10.1. The summed E-state index contributed by atoms with van der Waals surface area (Å²) in [6, 6.07) is 5.91. The summed E-state index contributed by atoms with van der Waals surface area (Å²) in [5.74, 6) is 5.49. The first-order valence-electron chi connectivity index (χ1n) is 6.52. The molecule has 0 bridgehead atoms. The molecule has 2 rings (SSSR count). The number of hydrogen-bond acceptors (Lipinski definition) is 4. The van der Waals surface area contributed by atoms with Crippen LogP contribution in [0.5, 0.6) is 5.75 Å². The number of nitrogen functional groups attached to an aromatic ring is 1. The predicted molar refractivity (Wildman–Crippen MR) is 82.8 cm³/mol. The zero-order chi connectivity index (χ0) is 15.4. The van der Waals surface area contributed by atoms with Gasteiger partial charge in [0.05, 0.1) is 10.0 Å². The summed E-state index contributed by atoms with van der Waals surface area (Å²) in [4.78, 5) is 11.7. The molecule has 0 atom stereocenters. The first kappa shape index (κ1) is 15.5. The highest BCUT2D eigenvalue weighted by Gasteiger charge is 2.18. The van der Waals surface area contributed by atoms with Crippen molar-refractivity contribution in [3.63, 3.8) is 0 Å². The van der Waals surface area contributed by atoms with Gasteiger partial charge in [-0.15, -0.1) is 0 Å². The van der Waals surface area contributed by atoms with Gasteiger partial charge in [-0.05, 0) is 47.0 Å². The number of nitrogens with zero attached hydrogens (tertiary/aromatic N) is 1. The maximum atomic E-state index is 11.7. The van der Waals surface area contributed by atoms with Crippen molar-refractivity contribution in [1.29, 1.82) is 0 Å². The third-order valence-corrected chi connectivity index (χ3v) is 3.77. The van der Waals surface area contributed by atoms with Gasteiger partial charge in [-0.3, -0.25) is 15.3 Å². The van der Waals surface area contributed by atoms with Gasteiger partial charge in [0.1, 0.15) is 18.1 Å². The Morgan fingerprint density at radius 3 is 2.90 bits per heavy atom. The largest absolute Gasteiger partial charge is 0.486 e. The summed E-state index contributed by atoms with van der Waals surface area (Å²) in [5.41, 5.74) is 4.91. The fourth-order valence-corrected chi connectivity index (χ4v) is 2.53. The number of nitrogens with two attached hydrogens (primary N) is 1. The molecule has 2 aromatic rings. The van der Waals surface area contributed by atoms with Gasteiger partial charge in [0.15, 0.2) is 0 Å². The van der Waals surface area contributed by atoms with E-state index >= 15 is 0 Å². The van der Waals surface area contributed by atoms with Crippen LogP contribution in [0.3, 0.4) is 0 Å². The minimum Gasteiger partial charge on any atom is -0.486 e. The fourth-order valence-electron chi connectivity index (χ4n) is 1.98. The molecule has 0 aliphatic heterocycles. The van der Waals surface area contributed by atoms with Crippen molar-refractivity contribution in [1.82, 2.24) is 15.6 Å². The van der Waals surface area contributed by atoms with E-state index in [0.717, 1.165) is 10.9 Å². The average Bonchev–Trinajstić information content (AvgIpc) is 2.86. The molecule has 1 aromatic heterocycles. The molecular weight excluding hydrogens is 336 g/mol. The normalized spacial score (nSPS) is 10.5. The SMILES string of the molecule is CCc1ccc(OCc2n[nH]c(C)c2C(=O)NN)c(Br)c1. The molecule has 7 heteroatoms. The van der Waals surface area contributed by atoms with Gasteiger partial charge < -0.3 is 4.74 Å². The van der Waals surface area contributed by atoms with Crippen LogP contribution < -0.4 is 16.0 Å². The second-order valence-electron chi connectivity index (χ2n) is 4.55. The third kappa shape index (κ3) is 3.43. The van der Waals surface area contributed by atoms with Crippen LogP contribution in [0.15, 0.2) is 22.7 Å². The second-order valence-corrected chi connectivity index (χ2v) is 5.41. The lowest BCUT2D eigenvalue weighted by Gasteiger charge is -2.09. The van der Waals surface area contributed by atoms with Gasteiger partial charge in [0.25, 0.3) is 5.91 Å². The molecule has 0 unspecified atom stereocenters. The Morgan fingerprint density at radius 2 is 2.29 bits per heavy atom. The standard InChI is InChI=1S/C14H17BrN4O2/c1-3-9-4-5-12(10(15)6-9)21-7-11-13(14(20)17-16)8(2)18-19-11/h4-6H,3,7,16H2,1-2H3,(H,17,20)(H,18,19). The molecule has 0 saturated carbocycles. The van der Waals surface area contributed by atoms with E-state index < -0.39 is 0 Å². The molecule has 1 aromatic carbocycles. The summed E-state index contributed by atoms with van der Waals surface area (Å²) >= 11 is 3.48. The molecular formula is C14H17BrN4O2. The maximum Gasteiger partial charge on any atom is 0.269 e. The number of halogens is 1. The second kappa shape index (κ2) is 6.73. The number of aryl methyl sites for hydroxylation is 2. The van der Waals surface area contributed by atoms with Crippen molar-refractivity contribution >= 4 is 21.8 Å². The minimum absolute atomic E-state index is 0.178. The van der Waals surface area contributed by atoms with Crippen LogP contribution >= 0.6 is 15.9 Å². The Bertz CT molecular complexity index is 654. The van der Waals surface area contributed by atoms with Crippen molar-refractivity contribution in [3.05, 3.63) is 45.2 Å². The van der Waals surface area contributed by atoms with E-state index in [1.54, 1.807) is 6.92 Å². The zero-order valence-corrected chi connectivity index (χ0v) is 13.5. The Labute approximate surface area is 131 Å². The maximum absolute atomic E-state index is 11.7. The zero-order valence-electron chi connectivity index (χ0n) is 11.9. The molecule has 21 heavy (non-hydrogen) atoms. The van der Waals surface area contributed by atoms with Crippen LogP contribution in [-0.2, 0) is 13.0 Å². The van der Waals surface area contributed by atoms with Gasteiger partial charge in [-0.2, -0.15) is 5.10 Å². The molecule has 1 amide bonds. The number of nitrogens with one attached hydrogen (secondary N) is 2. The van der Waals surface area contributed by atoms with Crippen molar-refractivity contribution in [2.45, 2.75) is 26.9 Å². The Kier molecular flexibility index (Phi) is 4.98. The van der Waals surface area contributed by atoms with Crippen molar-refractivity contribution < 1.29 is 9.53 Å². The van der Waals surface area contributed by atoms with Crippen LogP contribution in [0.4, 0.5) is 0 Å². The van der Waals surface area contributed by atoms with Crippen LogP contribution in [0.2, 0.25) is 0 Å². The van der Waals surface area contributed by atoms with Crippen LogP contribution in [-0.4, -0.2) is 16.1 Å². The number of rotatable bonds is 5. The van der Waals surface area contributed by atoms with E-state index in [-0.39, 0.29) is 12.5 Å². The summed E-state index contributed by atoms with van der Waals surface area (Å²) in [5, 5.41) is 6.85. The number of hydrogen-bond donors (Lipinski definition) is 3.